The van der Waals surface area contributed by atoms with E-state index < -0.39 is 31.6 Å². The first-order chi connectivity index (χ1) is 6.71. The Kier molecular flexibility index (Phi) is 0.443. The van der Waals surface area contributed by atoms with E-state index in [1.165, 1.54) is 5.32 Å². The van der Waals surface area contributed by atoms with Crippen molar-refractivity contribution in [1.82, 2.24) is 5.32 Å². The Hall–Kier alpha value is -0.150. The van der Waals surface area contributed by atoms with Crippen LogP contribution in [0.15, 0.2) is 0 Å². The molecule has 0 bridgehead atoms. The van der Waals surface area contributed by atoms with Gasteiger partial charge in [0, 0.05) is 14.7 Å². The van der Waals surface area contributed by atoms with Crippen LogP contribution in [0.1, 0.15) is 17.3 Å². The van der Waals surface area contributed by atoms with Gasteiger partial charge in [0.15, 0.2) is 0 Å². The molecule has 0 saturated carbocycles. The minimum atomic E-state index is -4.17. The molecule has 8 heavy (non-hydrogen) atoms. The average molecular weight is 127 g/mol. The van der Waals surface area contributed by atoms with Crippen molar-refractivity contribution >= 4 is 0 Å². The maximum Gasteiger partial charge on any atom is 0.128 e. The van der Waals surface area contributed by atoms with E-state index in [4.69, 9.17) is 11.0 Å². The molecule has 2 atom stereocenters. The van der Waals surface area contributed by atoms with E-state index in [9.17, 15) is 9.50 Å². The van der Waals surface area contributed by atoms with Crippen molar-refractivity contribution in [2.75, 3.05) is 13.0 Å². The van der Waals surface area contributed by atoms with Crippen LogP contribution in [-0.2, 0) is 0 Å². The third-order valence-corrected chi connectivity index (χ3v) is 0.624. The summed E-state index contributed by atoms with van der Waals surface area (Å²) in [6.45, 7) is -6.54. The van der Waals surface area contributed by atoms with Gasteiger partial charge in [-0.1, -0.05) is 0 Å². The molecule has 2 N–H and O–H groups in total. The zero-order valence-electron chi connectivity index (χ0n) is 11.8. The second kappa shape index (κ2) is 2.42. The fraction of sp³-hybridized carbons (Fsp3) is 1.00. The molecule has 0 radical (unpaired) electrons. The summed E-state index contributed by atoms with van der Waals surface area (Å²) in [4.78, 5) is 0. The minimum absolute atomic E-state index is 1.36. The van der Waals surface area contributed by atoms with Crippen LogP contribution in [0.2, 0.25) is 0 Å². The highest BCUT2D eigenvalue weighted by Crippen LogP contribution is 2.06. The number of aliphatic hydroxyl groups is 1. The van der Waals surface area contributed by atoms with E-state index >= 15 is 0 Å². The summed E-state index contributed by atoms with van der Waals surface area (Å²) in [6.07, 6.45) is -11.5. The minimum Gasteiger partial charge on any atom is -0.389 e. The highest BCUT2D eigenvalue weighted by molar-refractivity contribution is 4.75. The number of nitrogens with one attached hydrogen (secondary N) is 1. The van der Waals surface area contributed by atoms with Gasteiger partial charge in [-0.15, -0.1) is 0 Å². The van der Waals surface area contributed by atoms with Crippen molar-refractivity contribution in [2.45, 2.75) is 18.6 Å². The van der Waals surface area contributed by atoms with Crippen molar-refractivity contribution in [1.29, 1.82) is 0 Å². The maximum atomic E-state index is 13.8. The van der Waals surface area contributed by atoms with Gasteiger partial charge in [0.05, 0.1) is 8.82 Å². The van der Waals surface area contributed by atoms with Crippen molar-refractivity contribution < 1.29 is 20.5 Å². The molecule has 0 aromatic heterocycles. The largest absolute Gasteiger partial charge is 0.389 e. The molecule has 0 spiro atoms. The Bertz CT molecular complexity index is 288. The highest BCUT2D eigenvalue weighted by Gasteiger charge is 2.20. The Morgan fingerprint density at radius 2 is 2.75 bits per heavy atom. The number of piperidine rings is 1. The summed E-state index contributed by atoms with van der Waals surface area (Å²) in [5.41, 5.74) is 0. The normalized spacial score (nSPS) is 91.8. The lowest BCUT2D eigenvalue weighted by Crippen LogP contribution is -2.41. The van der Waals surface area contributed by atoms with E-state index in [0.717, 1.165) is 0 Å². The van der Waals surface area contributed by atoms with Crippen molar-refractivity contribution in [3.63, 3.8) is 0 Å². The number of β-amino-alcohol motifs (C(OH)–C–C–N with tert-alkyl or cyclic N) is 1. The average Bonchev–Trinajstić information content (AvgIpc) is 1.98. The SMILES string of the molecule is [2H]C1([2H])NC([2H])([2H])C([2H])(O)C([2H])(F)C1([2H])[2H]. The second-order valence-corrected chi connectivity index (χ2v) is 1.16. The zero-order chi connectivity index (χ0) is 13.2. The van der Waals surface area contributed by atoms with Gasteiger partial charge in [0.25, 0.3) is 0 Å². The molecular formula is C5H10FNO. The summed E-state index contributed by atoms with van der Waals surface area (Å²) in [6, 6.07) is 0. The van der Waals surface area contributed by atoms with Crippen LogP contribution in [0.4, 0.5) is 4.39 Å². The molecule has 1 aliphatic rings. The molecule has 1 aliphatic heterocycles. The first kappa shape index (κ1) is 1.47. The highest BCUT2D eigenvalue weighted by atomic mass is 19.1. The number of rotatable bonds is 0. The van der Waals surface area contributed by atoms with Crippen LogP contribution in [-0.4, -0.2) is 30.3 Å². The number of hydrogen-bond acceptors (Lipinski definition) is 2. The summed E-state index contributed by atoms with van der Waals surface area (Å²) < 4.78 is 70.2. The lowest BCUT2D eigenvalue weighted by atomic mass is 10.1. The molecular weight excluding hydrogens is 109 g/mol. The number of halogens is 1. The fourth-order valence-corrected chi connectivity index (χ4v) is 0.291. The quantitative estimate of drug-likeness (QED) is 0.467. The first-order valence-electron chi connectivity index (χ1n) is 5.91. The standard InChI is InChI=1S/C5H10FNO/c6-4-1-2-7-3-5(4)8/h4-5,7-8H,1-3H2/i1D2,2D2,3D2,4D,5D. The van der Waals surface area contributed by atoms with E-state index in [1.807, 2.05) is 0 Å². The molecule has 1 rings (SSSR count). The molecule has 2 nitrogen and oxygen atoms in total. The van der Waals surface area contributed by atoms with Gasteiger partial charge in [-0.2, -0.15) is 0 Å². The molecule has 2 unspecified atom stereocenters. The molecule has 1 fully saturated rings. The number of alkyl halides is 1. The van der Waals surface area contributed by atoms with Crippen molar-refractivity contribution in [3.05, 3.63) is 0 Å². The summed E-state index contributed by atoms with van der Waals surface area (Å²) in [5, 5.41) is 10.6. The lowest BCUT2D eigenvalue weighted by molar-refractivity contribution is 0.0549. The first-order valence-corrected chi connectivity index (χ1v) is 1.91. The molecule has 0 aliphatic carbocycles. The molecule has 1 heterocycles. The molecule has 48 valence electrons. The van der Waals surface area contributed by atoms with E-state index in [0.29, 0.717) is 0 Å². The van der Waals surface area contributed by atoms with Gasteiger partial charge in [-0.05, 0) is 12.9 Å². The Morgan fingerprint density at radius 3 is 3.50 bits per heavy atom. The Balaban J connectivity index is 3.43. The molecule has 0 aromatic rings. The van der Waals surface area contributed by atoms with Crippen molar-refractivity contribution in [3.8, 4) is 0 Å². The number of hydrogen-bond donors (Lipinski definition) is 2. The monoisotopic (exact) mass is 127 g/mol. The zero-order valence-corrected chi connectivity index (χ0v) is 3.83. The smallest absolute Gasteiger partial charge is 0.128 e. The molecule has 1 saturated heterocycles. The fourth-order valence-electron chi connectivity index (χ4n) is 0.291. The van der Waals surface area contributed by atoms with E-state index in [1.54, 1.807) is 0 Å². The summed E-state index contributed by atoms with van der Waals surface area (Å²) in [5.74, 6) is 0. The summed E-state index contributed by atoms with van der Waals surface area (Å²) in [7, 11) is 0. The molecule has 0 aromatic carbocycles. The van der Waals surface area contributed by atoms with Gasteiger partial charge >= 0.3 is 0 Å². The van der Waals surface area contributed by atoms with Crippen LogP contribution in [0.3, 0.4) is 0 Å². The van der Waals surface area contributed by atoms with Crippen LogP contribution >= 0.6 is 0 Å². The van der Waals surface area contributed by atoms with Gasteiger partial charge in [-0.3, -0.25) is 0 Å². The van der Waals surface area contributed by atoms with E-state index in [2.05, 4.69) is 0 Å². The predicted molar refractivity (Wildman–Crippen MR) is 28.4 cm³/mol. The van der Waals surface area contributed by atoms with Crippen LogP contribution < -0.4 is 5.32 Å². The predicted octanol–water partition coefficient (Wildman–Crippen LogP) is -0.321. The Labute approximate surface area is 58.9 Å². The molecule has 0 amide bonds. The lowest BCUT2D eigenvalue weighted by Gasteiger charge is -2.21. The Morgan fingerprint density at radius 1 is 2.00 bits per heavy atom. The van der Waals surface area contributed by atoms with Crippen LogP contribution in [0.5, 0.6) is 0 Å². The van der Waals surface area contributed by atoms with Gasteiger partial charge in [0.2, 0.25) is 0 Å². The van der Waals surface area contributed by atoms with Gasteiger partial charge < -0.3 is 10.4 Å². The third-order valence-electron chi connectivity index (χ3n) is 0.624. The topological polar surface area (TPSA) is 32.3 Å². The van der Waals surface area contributed by atoms with E-state index in [-0.39, 0.29) is 0 Å². The molecule has 3 heteroatoms. The van der Waals surface area contributed by atoms with Gasteiger partial charge in [0.1, 0.15) is 6.15 Å². The summed E-state index contributed by atoms with van der Waals surface area (Å²) >= 11 is 0. The van der Waals surface area contributed by atoms with Crippen LogP contribution in [0.25, 0.3) is 0 Å². The second-order valence-electron chi connectivity index (χ2n) is 1.16. The third kappa shape index (κ3) is 1.17. The maximum absolute atomic E-state index is 13.8. The van der Waals surface area contributed by atoms with Crippen molar-refractivity contribution in [2.24, 2.45) is 0 Å². The van der Waals surface area contributed by atoms with Crippen LogP contribution in [0, 0.1) is 0 Å². The van der Waals surface area contributed by atoms with Gasteiger partial charge in [-0.25, -0.2) is 4.39 Å².